The molecule has 0 aromatic heterocycles. The van der Waals surface area contributed by atoms with Gasteiger partial charge in [0.15, 0.2) is 0 Å². The number of amides is 1. The second kappa shape index (κ2) is 12.2. The SMILES string of the molecule is CC(C)(C)C1Cc2ccccc2N1CCC#N.CCCc1ccc(C2(C(=O)NC)CC2)cc1N(C)C(C)C. The van der Waals surface area contributed by atoms with Gasteiger partial charge in [-0.15, -0.1) is 0 Å². The van der Waals surface area contributed by atoms with Gasteiger partial charge in [-0.05, 0) is 73.8 Å². The summed E-state index contributed by atoms with van der Waals surface area (Å²) in [6, 6.07) is 18.4. The van der Waals surface area contributed by atoms with Crippen LogP contribution in [0.5, 0.6) is 0 Å². The summed E-state index contributed by atoms with van der Waals surface area (Å²) in [6.07, 6.45) is 5.85. The van der Waals surface area contributed by atoms with Crippen LogP contribution in [0.15, 0.2) is 42.5 Å². The molecular formula is C33H48N4O. The fourth-order valence-electron chi connectivity index (χ4n) is 5.63. The maximum Gasteiger partial charge on any atom is 0.230 e. The van der Waals surface area contributed by atoms with Gasteiger partial charge in [-0.2, -0.15) is 5.26 Å². The minimum atomic E-state index is -0.272. The Kier molecular flexibility index (Phi) is 9.52. The third-order valence-corrected chi connectivity index (χ3v) is 8.28. The molecule has 0 spiro atoms. The highest BCUT2D eigenvalue weighted by Crippen LogP contribution is 2.49. The molecule has 0 radical (unpaired) electrons. The summed E-state index contributed by atoms with van der Waals surface area (Å²) in [4.78, 5) is 16.9. The zero-order valence-electron chi connectivity index (χ0n) is 24.9. The minimum Gasteiger partial charge on any atom is -0.372 e. The van der Waals surface area contributed by atoms with Crippen molar-refractivity contribution in [1.29, 1.82) is 5.26 Å². The van der Waals surface area contributed by atoms with E-state index in [0.717, 1.165) is 38.6 Å². The normalized spacial score (nSPS) is 17.3. The molecule has 4 rings (SSSR count). The number of carbonyl (C=O) groups is 1. The monoisotopic (exact) mass is 516 g/mol. The van der Waals surface area contributed by atoms with Gasteiger partial charge >= 0.3 is 0 Å². The number of anilines is 2. The van der Waals surface area contributed by atoms with E-state index < -0.39 is 0 Å². The average Bonchev–Trinajstić information content (AvgIpc) is 3.61. The summed E-state index contributed by atoms with van der Waals surface area (Å²) in [5.74, 6) is 0.156. The highest BCUT2D eigenvalue weighted by atomic mass is 16.2. The third-order valence-electron chi connectivity index (χ3n) is 8.28. The third kappa shape index (κ3) is 6.34. The molecule has 2 aliphatic rings. The lowest BCUT2D eigenvalue weighted by molar-refractivity contribution is -0.123. The Morgan fingerprint density at radius 2 is 1.89 bits per heavy atom. The zero-order chi connectivity index (χ0) is 28.1. The first-order chi connectivity index (χ1) is 18.0. The number of nitriles is 1. The molecular weight excluding hydrogens is 468 g/mol. The van der Waals surface area contributed by atoms with Gasteiger partial charge in [0.05, 0.1) is 17.9 Å². The van der Waals surface area contributed by atoms with Crippen molar-refractivity contribution in [1.82, 2.24) is 5.32 Å². The van der Waals surface area contributed by atoms with Gasteiger partial charge in [0.25, 0.3) is 0 Å². The van der Waals surface area contributed by atoms with Crippen molar-refractivity contribution in [3.63, 3.8) is 0 Å². The predicted octanol–water partition coefficient (Wildman–Crippen LogP) is 6.64. The number of nitrogens with one attached hydrogen (secondary N) is 1. The number of hydrogen-bond acceptors (Lipinski definition) is 4. The van der Waals surface area contributed by atoms with Crippen LogP contribution in [0.4, 0.5) is 11.4 Å². The smallest absolute Gasteiger partial charge is 0.230 e. The van der Waals surface area contributed by atoms with Crippen LogP contribution in [0.2, 0.25) is 0 Å². The van der Waals surface area contributed by atoms with Gasteiger partial charge < -0.3 is 15.1 Å². The lowest BCUT2D eigenvalue weighted by Gasteiger charge is -2.36. The molecule has 0 bridgehead atoms. The van der Waals surface area contributed by atoms with Gasteiger partial charge in [-0.25, -0.2) is 0 Å². The Labute approximate surface area is 231 Å². The topological polar surface area (TPSA) is 59.4 Å². The first-order valence-electron chi connectivity index (χ1n) is 14.3. The Balaban J connectivity index is 0.000000215. The first-order valence-corrected chi connectivity index (χ1v) is 14.3. The number of carbonyl (C=O) groups excluding carboxylic acids is 1. The summed E-state index contributed by atoms with van der Waals surface area (Å²) in [6.45, 7) is 14.3. The van der Waals surface area contributed by atoms with Gasteiger partial charge in [-0.3, -0.25) is 4.79 Å². The highest BCUT2D eigenvalue weighted by molar-refractivity contribution is 5.91. The van der Waals surface area contributed by atoms with Crippen LogP contribution in [0, 0.1) is 16.7 Å². The Morgan fingerprint density at radius 3 is 2.45 bits per heavy atom. The number of benzene rings is 2. The van der Waals surface area contributed by atoms with E-state index in [1.165, 1.54) is 28.1 Å². The fourth-order valence-corrected chi connectivity index (χ4v) is 5.63. The zero-order valence-corrected chi connectivity index (χ0v) is 24.9. The van der Waals surface area contributed by atoms with Crippen LogP contribution < -0.4 is 15.1 Å². The molecule has 5 heteroatoms. The number of nitrogens with zero attached hydrogens (tertiary/aromatic N) is 3. The van der Waals surface area contributed by atoms with Crippen LogP contribution >= 0.6 is 0 Å². The molecule has 5 nitrogen and oxygen atoms in total. The van der Waals surface area contributed by atoms with Crippen LogP contribution in [-0.4, -0.2) is 38.6 Å². The van der Waals surface area contributed by atoms with E-state index in [4.69, 9.17) is 5.26 Å². The van der Waals surface area contributed by atoms with E-state index >= 15 is 0 Å². The number of aryl methyl sites for hydroxylation is 1. The van der Waals surface area contributed by atoms with Crippen molar-refractivity contribution in [2.75, 3.05) is 30.4 Å². The van der Waals surface area contributed by atoms with E-state index in [9.17, 15) is 4.79 Å². The summed E-state index contributed by atoms with van der Waals surface area (Å²) in [5, 5.41) is 11.6. The Morgan fingerprint density at radius 1 is 1.21 bits per heavy atom. The summed E-state index contributed by atoms with van der Waals surface area (Å²) in [5.41, 5.74) is 6.54. The summed E-state index contributed by atoms with van der Waals surface area (Å²) in [7, 11) is 3.87. The quantitative estimate of drug-likeness (QED) is 0.427. The van der Waals surface area contributed by atoms with Crippen LogP contribution in [-0.2, 0) is 23.1 Å². The number of hydrogen-bond donors (Lipinski definition) is 1. The number of rotatable bonds is 8. The van der Waals surface area contributed by atoms with E-state index in [0.29, 0.717) is 18.5 Å². The second-order valence-electron chi connectivity index (χ2n) is 12.3. The number of likely N-dealkylation sites (N-methyl/N-ethyl adjacent to an activating group) is 1. The maximum atomic E-state index is 12.2. The van der Waals surface area contributed by atoms with Crippen molar-refractivity contribution in [3.8, 4) is 6.07 Å². The largest absolute Gasteiger partial charge is 0.372 e. The molecule has 0 saturated heterocycles. The van der Waals surface area contributed by atoms with E-state index in [1.54, 1.807) is 7.05 Å². The van der Waals surface area contributed by atoms with Crippen LogP contribution in [0.1, 0.15) is 83.9 Å². The Hall–Kier alpha value is -3.00. The maximum absolute atomic E-state index is 12.2. The molecule has 38 heavy (non-hydrogen) atoms. The van der Waals surface area contributed by atoms with Crippen molar-refractivity contribution in [2.24, 2.45) is 5.41 Å². The number of fused-ring (bicyclic) bond motifs is 1. The molecule has 1 aliphatic heterocycles. The van der Waals surface area contributed by atoms with Gasteiger partial charge in [0.2, 0.25) is 5.91 Å². The molecule has 1 N–H and O–H groups in total. The fraction of sp³-hybridized carbons (Fsp3) is 0.576. The van der Waals surface area contributed by atoms with Gasteiger partial charge in [-0.1, -0.05) is 64.4 Å². The molecule has 1 heterocycles. The summed E-state index contributed by atoms with van der Waals surface area (Å²) >= 11 is 0. The molecule has 1 saturated carbocycles. The van der Waals surface area contributed by atoms with Gasteiger partial charge in [0.1, 0.15) is 0 Å². The standard InChI is InChI=1S/C18H28N2O.C15H20N2/c1-6-7-14-8-9-15(12-16(14)20(5)13(2)3)18(10-11-18)17(21)19-4;1-15(2,3)14-11-12-7-4-5-8-13(12)17(14)10-6-9-16/h8-9,12-13H,6-7,10-11H2,1-5H3,(H,19,21);4-5,7-8,14H,6,10-11H2,1-3H3. The lowest BCUT2D eigenvalue weighted by atomic mass is 9.84. The molecule has 206 valence electrons. The molecule has 2 aromatic carbocycles. The Bertz CT molecular complexity index is 1140. The first kappa shape index (κ1) is 29.6. The second-order valence-corrected chi connectivity index (χ2v) is 12.3. The van der Waals surface area contributed by atoms with E-state index in [-0.39, 0.29) is 16.7 Å². The van der Waals surface area contributed by atoms with Gasteiger partial charge in [0, 0.05) is 44.1 Å². The number of para-hydroxylation sites is 1. The molecule has 2 aromatic rings. The molecule has 1 unspecified atom stereocenters. The minimum absolute atomic E-state index is 0.156. The van der Waals surface area contributed by atoms with Crippen molar-refractivity contribution in [2.45, 2.75) is 97.6 Å². The molecule has 1 fully saturated rings. The van der Waals surface area contributed by atoms with Crippen molar-refractivity contribution >= 4 is 17.3 Å². The van der Waals surface area contributed by atoms with E-state index in [1.807, 2.05) is 0 Å². The van der Waals surface area contributed by atoms with Crippen LogP contribution in [0.3, 0.4) is 0 Å². The predicted molar refractivity (Wildman–Crippen MR) is 160 cm³/mol. The van der Waals surface area contributed by atoms with Crippen molar-refractivity contribution < 1.29 is 4.79 Å². The molecule has 1 amide bonds. The van der Waals surface area contributed by atoms with Crippen molar-refractivity contribution in [3.05, 3.63) is 59.2 Å². The molecule has 1 aliphatic carbocycles. The lowest BCUT2D eigenvalue weighted by Crippen LogP contribution is -2.42. The average molecular weight is 517 g/mol. The highest BCUT2D eigenvalue weighted by Gasteiger charge is 2.51. The van der Waals surface area contributed by atoms with E-state index in [2.05, 4.69) is 112 Å². The molecule has 1 atom stereocenters. The summed E-state index contributed by atoms with van der Waals surface area (Å²) < 4.78 is 0. The van der Waals surface area contributed by atoms with Crippen LogP contribution in [0.25, 0.3) is 0 Å².